The number of halogens is 1. The zero-order chi connectivity index (χ0) is 17.3. The molecule has 0 saturated carbocycles. The Hall–Kier alpha value is -2.25. The fraction of sp³-hybridized carbons (Fsp3) is 0.294. The van der Waals surface area contributed by atoms with Crippen molar-refractivity contribution in [1.82, 2.24) is 5.32 Å². The first kappa shape index (κ1) is 16.6. The number of thiophene rings is 1. The molecule has 1 unspecified atom stereocenters. The molecule has 2 amide bonds. The molecule has 0 spiro atoms. The Labute approximate surface area is 142 Å². The standard InChI is InChI=1S/C17H17FN2O3S/c1-17(23,14-3-2-6-24-14)9-19-16(22)11-7-10-4-5-15(21)20-13(10)8-12(11)18/h2-3,6-8,23H,4-5,9H2,1H3,(H,19,22)(H,20,21). The Morgan fingerprint density at radius 1 is 1.46 bits per heavy atom. The van der Waals surface area contributed by atoms with Crippen LogP contribution in [0.3, 0.4) is 0 Å². The molecular formula is C17H17FN2O3S. The second kappa shape index (κ2) is 6.33. The molecule has 1 aromatic carbocycles. The van der Waals surface area contributed by atoms with Gasteiger partial charge in [-0.05, 0) is 42.5 Å². The second-order valence-corrected chi connectivity index (χ2v) is 6.92. The average Bonchev–Trinajstić information content (AvgIpc) is 3.07. The molecule has 0 aliphatic carbocycles. The van der Waals surface area contributed by atoms with Crippen LogP contribution in [0.5, 0.6) is 0 Å². The topological polar surface area (TPSA) is 78.4 Å². The summed E-state index contributed by atoms with van der Waals surface area (Å²) in [5, 5.41) is 17.4. The van der Waals surface area contributed by atoms with E-state index in [1.165, 1.54) is 23.5 Å². The SMILES string of the molecule is CC(O)(CNC(=O)c1cc2c(cc1F)NC(=O)CC2)c1cccs1. The lowest BCUT2D eigenvalue weighted by Crippen LogP contribution is -2.38. The molecule has 3 N–H and O–H groups in total. The first-order valence-corrected chi connectivity index (χ1v) is 8.41. The maximum atomic E-state index is 14.2. The van der Waals surface area contributed by atoms with Gasteiger partial charge < -0.3 is 15.7 Å². The Bertz CT molecular complexity index is 787. The summed E-state index contributed by atoms with van der Waals surface area (Å²) in [5.41, 5.74) is -0.174. The van der Waals surface area contributed by atoms with Gasteiger partial charge in [-0.3, -0.25) is 9.59 Å². The molecule has 1 aliphatic rings. The number of anilines is 1. The van der Waals surface area contributed by atoms with Crippen molar-refractivity contribution in [3.8, 4) is 0 Å². The molecule has 1 aliphatic heterocycles. The molecule has 24 heavy (non-hydrogen) atoms. The van der Waals surface area contributed by atoms with Crippen LogP contribution in [0.1, 0.15) is 34.1 Å². The van der Waals surface area contributed by atoms with Crippen LogP contribution in [-0.2, 0) is 16.8 Å². The van der Waals surface area contributed by atoms with E-state index in [2.05, 4.69) is 10.6 Å². The summed E-state index contributed by atoms with van der Waals surface area (Å²) >= 11 is 1.38. The minimum Gasteiger partial charge on any atom is -0.383 e. The molecule has 2 aromatic rings. The van der Waals surface area contributed by atoms with Gasteiger partial charge in [-0.1, -0.05) is 6.07 Å². The summed E-state index contributed by atoms with van der Waals surface area (Å²) < 4.78 is 14.2. The lowest BCUT2D eigenvalue weighted by atomic mass is 9.99. The average molecular weight is 348 g/mol. The zero-order valence-electron chi connectivity index (χ0n) is 13.1. The van der Waals surface area contributed by atoms with E-state index in [0.29, 0.717) is 18.5 Å². The third-order valence-electron chi connectivity index (χ3n) is 3.98. The van der Waals surface area contributed by atoms with E-state index in [-0.39, 0.29) is 18.0 Å². The van der Waals surface area contributed by atoms with Crippen LogP contribution in [0.25, 0.3) is 0 Å². The van der Waals surface area contributed by atoms with Gasteiger partial charge in [-0.2, -0.15) is 0 Å². The van der Waals surface area contributed by atoms with Gasteiger partial charge in [0, 0.05) is 17.0 Å². The number of rotatable bonds is 4. The molecule has 0 saturated heterocycles. The molecule has 1 aromatic heterocycles. The number of benzene rings is 1. The van der Waals surface area contributed by atoms with Crippen molar-refractivity contribution < 1.29 is 19.1 Å². The van der Waals surface area contributed by atoms with Gasteiger partial charge >= 0.3 is 0 Å². The Balaban J connectivity index is 1.75. The molecular weight excluding hydrogens is 331 g/mol. The van der Waals surface area contributed by atoms with Crippen LogP contribution >= 0.6 is 11.3 Å². The highest BCUT2D eigenvalue weighted by Crippen LogP contribution is 2.27. The largest absolute Gasteiger partial charge is 0.383 e. The number of hydrogen-bond acceptors (Lipinski definition) is 4. The molecule has 7 heteroatoms. The van der Waals surface area contributed by atoms with Gasteiger partial charge in [0.15, 0.2) is 0 Å². The lowest BCUT2D eigenvalue weighted by Gasteiger charge is -2.23. The number of amides is 2. The van der Waals surface area contributed by atoms with Gasteiger partial charge in [-0.15, -0.1) is 11.3 Å². The molecule has 5 nitrogen and oxygen atoms in total. The number of nitrogens with one attached hydrogen (secondary N) is 2. The van der Waals surface area contributed by atoms with Gasteiger partial charge in [0.25, 0.3) is 5.91 Å². The van der Waals surface area contributed by atoms with Crippen LogP contribution < -0.4 is 10.6 Å². The fourth-order valence-corrected chi connectivity index (χ4v) is 3.38. The van der Waals surface area contributed by atoms with E-state index < -0.39 is 17.3 Å². The number of carbonyl (C=O) groups is 2. The lowest BCUT2D eigenvalue weighted by molar-refractivity contribution is -0.116. The van der Waals surface area contributed by atoms with Crippen LogP contribution in [0.15, 0.2) is 29.6 Å². The van der Waals surface area contributed by atoms with Crippen molar-refractivity contribution in [2.75, 3.05) is 11.9 Å². The summed E-state index contributed by atoms with van der Waals surface area (Å²) in [6.07, 6.45) is 0.779. The molecule has 3 rings (SSSR count). The van der Waals surface area contributed by atoms with Crippen molar-refractivity contribution in [3.63, 3.8) is 0 Å². The molecule has 2 heterocycles. The smallest absolute Gasteiger partial charge is 0.254 e. The van der Waals surface area contributed by atoms with Crippen molar-refractivity contribution >= 4 is 28.8 Å². The highest BCUT2D eigenvalue weighted by atomic mass is 32.1. The Kier molecular flexibility index (Phi) is 4.38. The first-order chi connectivity index (χ1) is 11.4. The predicted molar refractivity (Wildman–Crippen MR) is 89.6 cm³/mol. The zero-order valence-corrected chi connectivity index (χ0v) is 13.9. The van der Waals surface area contributed by atoms with E-state index in [0.717, 1.165) is 10.4 Å². The van der Waals surface area contributed by atoms with Crippen molar-refractivity contribution in [3.05, 3.63) is 51.5 Å². The number of aliphatic hydroxyl groups is 1. The molecule has 0 radical (unpaired) electrons. The maximum Gasteiger partial charge on any atom is 0.254 e. The highest BCUT2D eigenvalue weighted by Gasteiger charge is 2.26. The number of hydrogen-bond donors (Lipinski definition) is 3. The summed E-state index contributed by atoms with van der Waals surface area (Å²) in [5.74, 6) is -1.46. The van der Waals surface area contributed by atoms with Crippen molar-refractivity contribution in [2.24, 2.45) is 0 Å². The summed E-state index contributed by atoms with van der Waals surface area (Å²) in [6.45, 7) is 1.57. The number of fused-ring (bicyclic) bond motifs is 1. The van der Waals surface area contributed by atoms with E-state index in [1.54, 1.807) is 13.0 Å². The number of aryl methyl sites for hydroxylation is 1. The minimum absolute atomic E-state index is 0.0282. The number of carbonyl (C=O) groups excluding carboxylic acids is 2. The van der Waals surface area contributed by atoms with Gasteiger partial charge in [0.2, 0.25) is 5.91 Å². The molecule has 0 bridgehead atoms. The minimum atomic E-state index is -1.22. The fourth-order valence-electron chi connectivity index (χ4n) is 2.60. The summed E-state index contributed by atoms with van der Waals surface area (Å²) in [4.78, 5) is 24.3. The van der Waals surface area contributed by atoms with Gasteiger partial charge in [0.05, 0.1) is 12.1 Å². The van der Waals surface area contributed by atoms with Gasteiger partial charge in [-0.25, -0.2) is 4.39 Å². The molecule has 126 valence electrons. The van der Waals surface area contributed by atoms with E-state index >= 15 is 0 Å². The Morgan fingerprint density at radius 3 is 2.96 bits per heavy atom. The van der Waals surface area contributed by atoms with Gasteiger partial charge in [0.1, 0.15) is 11.4 Å². The molecule has 0 fully saturated rings. The first-order valence-electron chi connectivity index (χ1n) is 7.53. The normalized spacial score (nSPS) is 16.0. The summed E-state index contributed by atoms with van der Waals surface area (Å²) in [7, 11) is 0. The quantitative estimate of drug-likeness (QED) is 0.794. The van der Waals surface area contributed by atoms with E-state index in [1.807, 2.05) is 11.4 Å². The third kappa shape index (κ3) is 3.32. The van der Waals surface area contributed by atoms with Crippen molar-refractivity contribution in [2.45, 2.75) is 25.4 Å². The maximum absolute atomic E-state index is 14.2. The second-order valence-electron chi connectivity index (χ2n) is 5.97. The predicted octanol–water partition coefficient (Wildman–Crippen LogP) is 2.41. The summed E-state index contributed by atoms with van der Waals surface area (Å²) in [6, 6.07) is 6.21. The van der Waals surface area contributed by atoms with Crippen molar-refractivity contribution in [1.29, 1.82) is 0 Å². The van der Waals surface area contributed by atoms with Crippen LogP contribution in [0.2, 0.25) is 0 Å². The van der Waals surface area contributed by atoms with E-state index in [9.17, 15) is 19.1 Å². The Morgan fingerprint density at radius 2 is 2.25 bits per heavy atom. The third-order valence-corrected chi connectivity index (χ3v) is 5.10. The van der Waals surface area contributed by atoms with Crippen LogP contribution in [0, 0.1) is 5.82 Å². The van der Waals surface area contributed by atoms with Crippen LogP contribution in [0.4, 0.5) is 10.1 Å². The van der Waals surface area contributed by atoms with E-state index in [4.69, 9.17) is 0 Å². The monoisotopic (exact) mass is 348 g/mol. The van der Waals surface area contributed by atoms with Crippen LogP contribution in [-0.4, -0.2) is 23.5 Å². The highest BCUT2D eigenvalue weighted by molar-refractivity contribution is 7.10. The molecule has 1 atom stereocenters.